The van der Waals surface area contributed by atoms with Crippen LogP contribution in [0, 0.1) is 6.92 Å². The molecule has 0 saturated carbocycles. The van der Waals surface area contributed by atoms with Gasteiger partial charge in [0.05, 0.1) is 11.9 Å². The number of hydrogen-bond acceptors (Lipinski definition) is 4. The smallest absolute Gasteiger partial charge is 0.242 e. The quantitative estimate of drug-likeness (QED) is 0.406. The first-order chi connectivity index (χ1) is 16.4. The molecular weight excluding hydrogens is 530 g/mol. The van der Waals surface area contributed by atoms with Gasteiger partial charge in [-0.15, -0.1) is 0 Å². The minimum atomic E-state index is -3.51. The molecule has 0 spiro atoms. The fourth-order valence-electron chi connectivity index (χ4n) is 3.67. The first-order valence-corrected chi connectivity index (χ1v) is 14.4. The highest BCUT2D eigenvalue weighted by Crippen LogP contribution is 2.21. The van der Waals surface area contributed by atoms with E-state index in [1.54, 1.807) is 17.9 Å². The third kappa shape index (κ3) is 8.96. The molecule has 0 radical (unpaired) electrons. The summed E-state index contributed by atoms with van der Waals surface area (Å²) in [5, 5.41) is 2.95. The maximum Gasteiger partial charge on any atom is 0.242 e. The van der Waals surface area contributed by atoms with Crippen LogP contribution in [0.1, 0.15) is 51.2 Å². The van der Waals surface area contributed by atoms with Gasteiger partial charge in [0.25, 0.3) is 0 Å². The van der Waals surface area contributed by atoms with Gasteiger partial charge in [-0.25, -0.2) is 8.42 Å². The number of nitrogens with zero attached hydrogens (tertiary/aromatic N) is 2. The second-order valence-electron chi connectivity index (χ2n) is 8.92. The Labute approximate surface area is 218 Å². The predicted octanol–water partition coefficient (Wildman–Crippen LogP) is 4.64. The molecule has 2 aromatic rings. The lowest BCUT2D eigenvalue weighted by Gasteiger charge is -2.30. The van der Waals surface area contributed by atoms with E-state index in [2.05, 4.69) is 21.2 Å². The summed E-state index contributed by atoms with van der Waals surface area (Å²) in [5.74, 6) is -0.408. The lowest BCUT2D eigenvalue weighted by atomic mass is 10.1. The number of anilines is 1. The third-order valence-corrected chi connectivity index (χ3v) is 7.54. The number of hydrogen-bond donors (Lipinski definition) is 1. The zero-order chi connectivity index (χ0) is 26.2. The number of carbonyl (C=O) groups excluding carboxylic acids is 2. The van der Waals surface area contributed by atoms with E-state index >= 15 is 0 Å². The Hall–Kier alpha value is -2.39. The number of amides is 2. The van der Waals surface area contributed by atoms with Crippen LogP contribution in [-0.4, -0.2) is 50.0 Å². The van der Waals surface area contributed by atoms with E-state index in [0.29, 0.717) is 12.1 Å². The molecule has 0 saturated heterocycles. The van der Waals surface area contributed by atoms with Gasteiger partial charge in [-0.2, -0.15) is 0 Å². The number of nitrogens with one attached hydrogen (secondary N) is 1. The van der Waals surface area contributed by atoms with Crippen LogP contribution in [0.15, 0.2) is 53.0 Å². The van der Waals surface area contributed by atoms with Crippen LogP contribution in [-0.2, 0) is 26.2 Å². The normalized spacial score (nSPS) is 13.1. The molecule has 0 aliphatic carbocycles. The first kappa shape index (κ1) is 28.8. The average Bonchev–Trinajstić information content (AvgIpc) is 2.78. The van der Waals surface area contributed by atoms with Crippen LogP contribution in [0.5, 0.6) is 0 Å². The van der Waals surface area contributed by atoms with Crippen molar-refractivity contribution in [2.24, 2.45) is 0 Å². The van der Waals surface area contributed by atoms with Crippen molar-refractivity contribution in [1.29, 1.82) is 0 Å². The highest BCUT2D eigenvalue weighted by molar-refractivity contribution is 9.10. The standard InChI is InChI=1S/C26H36BrN3O4S/c1-6-20(3)28-26(32)21(4)29(18-22-11-8-12-23(27)17-22)25(31)14-9-15-30(35(5,33)34)24-13-7-10-19(2)16-24/h7-8,10-13,16-17,20-21H,6,9,14-15,18H2,1-5H3,(H,28,32). The number of halogens is 1. The molecule has 2 atom stereocenters. The highest BCUT2D eigenvalue weighted by Gasteiger charge is 2.27. The van der Waals surface area contributed by atoms with Crippen LogP contribution in [0.3, 0.4) is 0 Å². The van der Waals surface area contributed by atoms with Crippen molar-refractivity contribution in [3.8, 4) is 0 Å². The van der Waals surface area contributed by atoms with Crippen molar-refractivity contribution < 1.29 is 18.0 Å². The maximum atomic E-state index is 13.3. The van der Waals surface area contributed by atoms with Crippen molar-refractivity contribution in [2.75, 3.05) is 17.1 Å². The Bertz CT molecular complexity index is 1120. The zero-order valence-corrected chi connectivity index (χ0v) is 23.5. The number of aryl methyl sites for hydroxylation is 1. The molecule has 0 fully saturated rings. The van der Waals surface area contributed by atoms with Gasteiger partial charge in [0, 0.05) is 30.0 Å². The lowest BCUT2D eigenvalue weighted by molar-refractivity contribution is -0.140. The number of rotatable bonds is 12. The van der Waals surface area contributed by atoms with Crippen molar-refractivity contribution in [3.63, 3.8) is 0 Å². The summed E-state index contributed by atoms with van der Waals surface area (Å²) in [6.07, 6.45) is 2.40. The second kappa shape index (κ2) is 13.1. The molecule has 192 valence electrons. The van der Waals surface area contributed by atoms with Crippen LogP contribution in [0.25, 0.3) is 0 Å². The molecular formula is C26H36BrN3O4S. The Balaban J connectivity index is 2.17. The summed E-state index contributed by atoms with van der Waals surface area (Å²) in [7, 11) is -3.51. The number of carbonyl (C=O) groups is 2. The summed E-state index contributed by atoms with van der Waals surface area (Å²) in [4.78, 5) is 27.7. The fraction of sp³-hybridized carbons (Fsp3) is 0.462. The summed E-state index contributed by atoms with van der Waals surface area (Å²) in [6.45, 7) is 7.99. The van der Waals surface area contributed by atoms with Gasteiger partial charge in [-0.3, -0.25) is 13.9 Å². The van der Waals surface area contributed by atoms with E-state index in [1.165, 1.54) is 4.31 Å². The second-order valence-corrected chi connectivity index (χ2v) is 11.7. The Morgan fingerprint density at radius 2 is 1.77 bits per heavy atom. The minimum Gasteiger partial charge on any atom is -0.352 e. The van der Waals surface area contributed by atoms with Crippen molar-refractivity contribution in [1.82, 2.24) is 10.2 Å². The van der Waals surface area contributed by atoms with Crippen molar-refractivity contribution >= 4 is 43.5 Å². The van der Waals surface area contributed by atoms with Crippen LogP contribution in [0.2, 0.25) is 0 Å². The summed E-state index contributed by atoms with van der Waals surface area (Å²) in [6, 6.07) is 14.2. The largest absolute Gasteiger partial charge is 0.352 e. The molecule has 0 bridgehead atoms. The summed E-state index contributed by atoms with van der Waals surface area (Å²) < 4.78 is 27.1. The minimum absolute atomic E-state index is 0.00502. The molecule has 35 heavy (non-hydrogen) atoms. The predicted molar refractivity (Wildman–Crippen MR) is 145 cm³/mol. The summed E-state index contributed by atoms with van der Waals surface area (Å²) in [5.41, 5.74) is 2.43. The SMILES string of the molecule is CCC(C)NC(=O)C(C)N(Cc1cccc(Br)c1)C(=O)CCCN(c1cccc(C)c1)S(C)(=O)=O. The van der Waals surface area contributed by atoms with Crippen LogP contribution in [0.4, 0.5) is 5.69 Å². The fourth-order valence-corrected chi connectivity index (χ4v) is 5.07. The average molecular weight is 567 g/mol. The number of benzene rings is 2. The molecule has 0 aliphatic rings. The Morgan fingerprint density at radius 1 is 1.09 bits per heavy atom. The molecule has 2 unspecified atom stereocenters. The van der Waals surface area contributed by atoms with E-state index in [1.807, 2.05) is 63.2 Å². The van der Waals surface area contributed by atoms with Crippen molar-refractivity contribution in [2.45, 2.75) is 65.6 Å². The molecule has 1 N–H and O–H groups in total. The van der Waals surface area contributed by atoms with Crippen LogP contribution < -0.4 is 9.62 Å². The third-order valence-electron chi connectivity index (χ3n) is 5.85. The monoisotopic (exact) mass is 565 g/mol. The van der Waals surface area contributed by atoms with Gasteiger partial charge >= 0.3 is 0 Å². The van der Waals surface area contributed by atoms with Gasteiger partial charge in [-0.05, 0) is 69.0 Å². The van der Waals surface area contributed by atoms with Crippen molar-refractivity contribution in [3.05, 3.63) is 64.1 Å². The zero-order valence-electron chi connectivity index (χ0n) is 21.1. The molecule has 9 heteroatoms. The van der Waals surface area contributed by atoms with E-state index in [9.17, 15) is 18.0 Å². The molecule has 2 amide bonds. The molecule has 7 nitrogen and oxygen atoms in total. The summed E-state index contributed by atoms with van der Waals surface area (Å²) >= 11 is 3.46. The van der Waals surface area contributed by atoms with E-state index < -0.39 is 16.1 Å². The topological polar surface area (TPSA) is 86.8 Å². The van der Waals surface area contributed by atoms with E-state index in [0.717, 1.165) is 28.3 Å². The maximum absolute atomic E-state index is 13.3. The lowest BCUT2D eigenvalue weighted by Crippen LogP contribution is -2.49. The highest BCUT2D eigenvalue weighted by atomic mass is 79.9. The van der Waals surface area contributed by atoms with E-state index in [-0.39, 0.29) is 37.4 Å². The molecule has 0 aromatic heterocycles. The number of sulfonamides is 1. The molecule has 0 heterocycles. The van der Waals surface area contributed by atoms with Gasteiger partial charge < -0.3 is 10.2 Å². The molecule has 2 aromatic carbocycles. The first-order valence-electron chi connectivity index (χ1n) is 11.8. The molecule has 0 aliphatic heterocycles. The Morgan fingerprint density at radius 3 is 2.37 bits per heavy atom. The van der Waals surface area contributed by atoms with Gasteiger partial charge in [0.15, 0.2) is 0 Å². The molecule has 2 rings (SSSR count). The van der Waals surface area contributed by atoms with Gasteiger partial charge in [-0.1, -0.05) is 47.1 Å². The van der Waals surface area contributed by atoms with Crippen LogP contribution >= 0.6 is 15.9 Å². The van der Waals surface area contributed by atoms with Gasteiger partial charge in [0.1, 0.15) is 6.04 Å². The van der Waals surface area contributed by atoms with Gasteiger partial charge in [0.2, 0.25) is 21.8 Å². The van der Waals surface area contributed by atoms with E-state index in [4.69, 9.17) is 0 Å². The Kier molecular flexibility index (Phi) is 10.8.